The molecule has 0 unspecified atom stereocenters. The van der Waals surface area contributed by atoms with Gasteiger partial charge in [0.25, 0.3) is 0 Å². The summed E-state index contributed by atoms with van der Waals surface area (Å²) in [6.07, 6.45) is 2.26. The first kappa shape index (κ1) is 21.1. The summed E-state index contributed by atoms with van der Waals surface area (Å²) in [7, 11) is 4.01. The molecule has 0 amide bonds. The zero-order valence-electron chi connectivity index (χ0n) is 17.9. The van der Waals surface area contributed by atoms with Crippen LogP contribution in [0.25, 0.3) is 0 Å². The molecule has 3 rings (SSSR count). The van der Waals surface area contributed by atoms with E-state index in [0.29, 0.717) is 12.6 Å². The van der Waals surface area contributed by atoms with E-state index in [9.17, 15) is 0 Å². The van der Waals surface area contributed by atoms with E-state index in [1.165, 1.54) is 5.56 Å². The van der Waals surface area contributed by atoms with E-state index >= 15 is 0 Å². The van der Waals surface area contributed by atoms with Gasteiger partial charge in [0, 0.05) is 46.3 Å². The lowest BCUT2D eigenvalue weighted by Gasteiger charge is -2.33. The summed E-state index contributed by atoms with van der Waals surface area (Å²) in [4.78, 5) is 14.0. The van der Waals surface area contributed by atoms with Crippen LogP contribution in [-0.4, -0.2) is 55.6 Å². The van der Waals surface area contributed by atoms with Crippen molar-refractivity contribution < 1.29 is 0 Å². The second-order valence-corrected chi connectivity index (χ2v) is 7.76. The summed E-state index contributed by atoms with van der Waals surface area (Å²) in [5.74, 6) is 1.84. The number of piperidine rings is 1. The Kier molecular flexibility index (Phi) is 7.87. The van der Waals surface area contributed by atoms with Crippen molar-refractivity contribution in [2.75, 3.05) is 38.6 Å². The van der Waals surface area contributed by atoms with Gasteiger partial charge in [0.05, 0.1) is 12.2 Å². The molecule has 0 bridgehead atoms. The van der Waals surface area contributed by atoms with Crippen LogP contribution < -0.4 is 15.5 Å². The molecular formula is C23H34N6. The number of benzene rings is 1. The lowest BCUT2D eigenvalue weighted by molar-refractivity contribution is 0.198. The van der Waals surface area contributed by atoms with E-state index in [4.69, 9.17) is 4.99 Å². The molecule has 1 aliphatic rings. The number of rotatable bonds is 7. The molecular weight excluding hydrogens is 360 g/mol. The predicted octanol–water partition coefficient (Wildman–Crippen LogP) is 2.87. The maximum atomic E-state index is 4.76. The van der Waals surface area contributed by atoms with E-state index in [-0.39, 0.29) is 0 Å². The quantitative estimate of drug-likeness (QED) is 0.559. The third-order valence-electron chi connectivity index (χ3n) is 5.17. The molecule has 156 valence electrons. The number of nitrogens with zero attached hydrogens (tertiary/aromatic N) is 4. The first-order valence-electron chi connectivity index (χ1n) is 10.6. The van der Waals surface area contributed by atoms with Crippen molar-refractivity contribution in [1.29, 1.82) is 0 Å². The summed E-state index contributed by atoms with van der Waals surface area (Å²) < 4.78 is 0. The van der Waals surface area contributed by atoms with Crippen molar-refractivity contribution >= 4 is 11.8 Å². The largest absolute Gasteiger partial charge is 0.363 e. The minimum absolute atomic E-state index is 0.459. The van der Waals surface area contributed by atoms with Crippen molar-refractivity contribution in [3.8, 4) is 0 Å². The molecule has 0 saturated carbocycles. The number of aromatic nitrogens is 1. The molecule has 0 spiro atoms. The topological polar surface area (TPSA) is 55.8 Å². The Balaban J connectivity index is 1.51. The molecule has 6 nitrogen and oxygen atoms in total. The van der Waals surface area contributed by atoms with Crippen molar-refractivity contribution in [2.24, 2.45) is 4.99 Å². The maximum Gasteiger partial charge on any atom is 0.191 e. The van der Waals surface area contributed by atoms with E-state index in [2.05, 4.69) is 57.8 Å². The van der Waals surface area contributed by atoms with Crippen LogP contribution >= 0.6 is 0 Å². The molecule has 2 N–H and O–H groups in total. The normalized spacial score (nSPS) is 15.9. The van der Waals surface area contributed by atoms with Crippen molar-refractivity contribution in [2.45, 2.75) is 38.9 Å². The van der Waals surface area contributed by atoms with Gasteiger partial charge in [-0.05, 0) is 37.5 Å². The fourth-order valence-corrected chi connectivity index (χ4v) is 3.55. The van der Waals surface area contributed by atoms with Crippen molar-refractivity contribution in [1.82, 2.24) is 20.5 Å². The third-order valence-corrected chi connectivity index (χ3v) is 5.17. The van der Waals surface area contributed by atoms with Gasteiger partial charge in [-0.3, -0.25) is 4.90 Å². The number of pyridine rings is 1. The van der Waals surface area contributed by atoms with Gasteiger partial charge in [0.1, 0.15) is 5.82 Å². The lowest BCUT2D eigenvalue weighted by atomic mass is 10.0. The van der Waals surface area contributed by atoms with Crippen molar-refractivity contribution in [3.05, 3.63) is 59.8 Å². The number of hydrogen-bond donors (Lipinski definition) is 2. The number of aliphatic imine (C=N–C) groups is 1. The van der Waals surface area contributed by atoms with Crippen LogP contribution in [0.1, 0.15) is 31.0 Å². The Morgan fingerprint density at radius 2 is 1.86 bits per heavy atom. The summed E-state index contributed by atoms with van der Waals surface area (Å²) in [5, 5.41) is 7.00. The Morgan fingerprint density at radius 3 is 2.55 bits per heavy atom. The first-order valence-corrected chi connectivity index (χ1v) is 10.6. The minimum atomic E-state index is 0.459. The number of guanidine groups is 1. The number of hydrogen-bond acceptors (Lipinski definition) is 4. The lowest BCUT2D eigenvalue weighted by Crippen LogP contribution is -2.48. The average molecular weight is 395 g/mol. The molecule has 1 aliphatic heterocycles. The fraction of sp³-hybridized carbons (Fsp3) is 0.478. The Morgan fingerprint density at radius 1 is 1.10 bits per heavy atom. The van der Waals surface area contributed by atoms with Gasteiger partial charge >= 0.3 is 0 Å². The Hall–Kier alpha value is -2.60. The van der Waals surface area contributed by atoms with Gasteiger partial charge in [-0.2, -0.15) is 0 Å². The fourth-order valence-electron chi connectivity index (χ4n) is 3.55. The summed E-state index contributed by atoms with van der Waals surface area (Å²) in [6.45, 7) is 6.78. The van der Waals surface area contributed by atoms with Crippen molar-refractivity contribution in [3.63, 3.8) is 0 Å². The zero-order valence-corrected chi connectivity index (χ0v) is 17.9. The van der Waals surface area contributed by atoms with Gasteiger partial charge in [0.15, 0.2) is 5.96 Å². The highest BCUT2D eigenvalue weighted by molar-refractivity contribution is 5.80. The van der Waals surface area contributed by atoms with Crippen LogP contribution in [0.15, 0.2) is 53.5 Å². The second-order valence-electron chi connectivity index (χ2n) is 7.76. The molecule has 1 aromatic heterocycles. The monoisotopic (exact) mass is 394 g/mol. The Bertz CT molecular complexity index is 766. The predicted molar refractivity (Wildman–Crippen MR) is 121 cm³/mol. The second kappa shape index (κ2) is 10.8. The highest BCUT2D eigenvalue weighted by Crippen LogP contribution is 2.14. The molecule has 29 heavy (non-hydrogen) atoms. The van der Waals surface area contributed by atoms with Gasteiger partial charge in [-0.1, -0.05) is 36.4 Å². The van der Waals surface area contributed by atoms with Crippen LogP contribution in [0.4, 0.5) is 5.82 Å². The van der Waals surface area contributed by atoms with E-state index in [0.717, 1.165) is 56.5 Å². The van der Waals surface area contributed by atoms with Crippen LogP contribution in [0.2, 0.25) is 0 Å². The number of nitrogens with one attached hydrogen (secondary N) is 2. The summed E-state index contributed by atoms with van der Waals surface area (Å²) in [5.41, 5.74) is 2.37. The molecule has 1 fully saturated rings. The molecule has 1 saturated heterocycles. The molecule has 0 aliphatic carbocycles. The maximum absolute atomic E-state index is 4.76. The highest BCUT2D eigenvalue weighted by atomic mass is 15.2. The van der Waals surface area contributed by atoms with Crippen LogP contribution in [0.3, 0.4) is 0 Å². The average Bonchev–Trinajstić information content (AvgIpc) is 2.74. The first-order chi connectivity index (χ1) is 14.1. The van der Waals surface area contributed by atoms with Gasteiger partial charge in [-0.15, -0.1) is 0 Å². The van der Waals surface area contributed by atoms with Gasteiger partial charge in [0.2, 0.25) is 0 Å². The van der Waals surface area contributed by atoms with E-state index in [1.807, 2.05) is 37.2 Å². The van der Waals surface area contributed by atoms with Crippen LogP contribution in [-0.2, 0) is 13.1 Å². The summed E-state index contributed by atoms with van der Waals surface area (Å²) in [6, 6.07) is 17.3. The van der Waals surface area contributed by atoms with Crippen LogP contribution in [0.5, 0.6) is 0 Å². The number of likely N-dealkylation sites (tertiary alicyclic amines) is 1. The minimum Gasteiger partial charge on any atom is -0.363 e. The molecule has 0 atom stereocenters. The molecule has 0 radical (unpaired) electrons. The third kappa shape index (κ3) is 6.75. The molecule has 2 aromatic rings. The molecule has 6 heteroatoms. The van der Waals surface area contributed by atoms with E-state index in [1.54, 1.807) is 0 Å². The molecule has 2 heterocycles. The molecule has 1 aromatic carbocycles. The van der Waals surface area contributed by atoms with Gasteiger partial charge < -0.3 is 15.5 Å². The smallest absolute Gasteiger partial charge is 0.191 e. The zero-order chi connectivity index (χ0) is 20.5. The van der Waals surface area contributed by atoms with E-state index < -0.39 is 0 Å². The SMILES string of the molecule is CCNC(=NCc1cccc(N(C)C)n1)NC1CCN(Cc2ccccc2)CC1. The number of anilines is 1. The van der Waals surface area contributed by atoms with Crippen LogP contribution in [0, 0.1) is 0 Å². The summed E-state index contributed by atoms with van der Waals surface area (Å²) >= 11 is 0. The van der Waals surface area contributed by atoms with Gasteiger partial charge in [-0.25, -0.2) is 9.98 Å². The standard InChI is InChI=1S/C23H34N6/c1-4-24-23(25-17-21-11-8-12-22(26-21)28(2)3)27-20-13-15-29(16-14-20)18-19-9-6-5-7-10-19/h5-12,20H,4,13-18H2,1-3H3,(H2,24,25,27). The highest BCUT2D eigenvalue weighted by Gasteiger charge is 2.20. The Labute approximate surface area is 175 Å².